The van der Waals surface area contributed by atoms with Gasteiger partial charge in [-0.15, -0.1) is 0 Å². The van der Waals surface area contributed by atoms with E-state index in [1.807, 2.05) is 18.2 Å². The van der Waals surface area contributed by atoms with E-state index in [2.05, 4.69) is 50.4 Å². The van der Waals surface area contributed by atoms with E-state index in [0.717, 1.165) is 11.1 Å². The molecule has 0 aliphatic heterocycles. The lowest BCUT2D eigenvalue weighted by molar-refractivity contribution is -0.114. The molecule has 0 heterocycles. The van der Waals surface area contributed by atoms with Crippen LogP contribution < -0.4 is 5.32 Å². The van der Waals surface area contributed by atoms with Crippen molar-refractivity contribution in [1.29, 1.82) is 0 Å². The number of hydrogen-bond donors (Lipinski definition) is 1. The average Bonchev–Trinajstić information content (AvgIpc) is 2.46. The maximum atomic E-state index is 11.5. The fraction of sp³-hybridized carbons (Fsp3) is 0.278. The number of nitrogens with one attached hydrogen (secondary N) is 1. The van der Waals surface area contributed by atoms with E-state index in [1.54, 1.807) is 6.07 Å². The minimum absolute atomic E-state index is 0.129. The van der Waals surface area contributed by atoms with Gasteiger partial charge in [0.25, 0.3) is 5.91 Å². The molecule has 2 nitrogen and oxygen atoms in total. The van der Waals surface area contributed by atoms with Gasteiger partial charge in [-0.3, -0.25) is 4.79 Å². The summed E-state index contributed by atoms with van der Waals surface area (Å²) in [5.41, 5.74) is 4.21. The van der Waals surface area contributed by atoms with Crippen LogP contribution in [0.2, 0.25) is 0 Å². The number of carbonyl (C=O) groups excluding carboxylic acids is 1. The Balaban J connectivity index is 2.24. The van der Waals surface area contributed by atoms with Crippen LogP contribution in [0.15, 0.2) is 48.5 Å². The number of carbonyl (C=O) groups is 1. The molecule has 0 unspecified atom stereocenters. The van der Waals surface area contributed by atoms with Crippen molar-refractivity contribution in [3.8, 4) is 11.1 Å². The van der Waals surface area contributed by atoms with Gasteiger partial charge in [-0.1, -0.05) is 80.4 Å². The molecule has 0 radical (unpaired) electrons. The van der Waals surface area contributed by atoms with E-state index >= 15 is 0 Å². The van der Waals surface area contributed by atoms with Crippen LogP contribution in [0.4, 0.5) is 5.69 Å². The molecule has 0 aliphatic carbocycles. The Morgan fingerprint density at radius 3 is 2.18 bits per heavy atom. The van der Waals surface area contributed by atoms with E-state index in [0.29, 0.717) is 5.69 Å². The quantitative estimate of drug-likeness (QED) is 0.748. The zero-order chi connectivity index (χ0) is 16.3. The topological polar surface area (TPSA) is 29.1 Å². The first-order valence-corrected chi connectivity index (χ1v) is 7.94. The Morgan fingerprint density at radius 1 is 1.00 bits per heavy atom. The van der Waals surface area contributed by atoms with Crippen molar-refractivity contribution in [2.45, 2.75) is 31.0 Å². The summed E-state index contributed by atoms with van der Waals surface area (Å²) in [5, 5.41) is 2.68. The summed E-state index contributed by atoms with van der Waals surface area (Å²) in [4.78, 5) is 10.5. The van der Waals surface area contributed by atoms with E-state index in [-0.39, 0.29) is 5.41 Å². The molecule has 22 heavy (non-hydrogen) atoms. The van der Waals surface area contributed by atoms with Gasteiger partial charge in [0.2, 0.25) is 0 Å². The lowest BCUT2D eigenvalue weighted by Gasteiger charge is -2.19. The fourth-order valence-corrected chi connectivity index (χ4v) is 2.25. The van der Waals surface area contributed by atoms with Gasteiger partial charge < -0.3 is 5.32 Å². The van der Waals surface area contributed by atoms with Gasteiger partial charge in [0.15, 0.2) is 4.84 Å². The minimum atomic E-state index is -1.07. The smallest absolute Gasteiger partial charge is 0.257 e. The third-order valence-electron chi connectivity index (χ3n) is 3.41. The first kappa shape index (κ1) is 16.9. The highest BCUT2D eigenvalue weighted by molar-refractivity contribution is 6.54. The van der Waals surface area contributed by atoms with E-state index in [4.69, 9.17) is 23.2 Å². The highest BCUT2D eigenvalue weighted by Crippen LogP contribution is 2.27. The number of benzene rings is 2. The Hall–Kier alpha value is -1.51. The van der Waals surface area contributed by atoms with Gasteiger partial charge in [-0.25, -0.2) is 0 Å². The number of rotatable bonds is 3. The Morgan fingerprint density at radius 2 is 1.64 bits per heavy atom. The predicted molar refractivity (Wildman–Crippen MR) is 94.7 cm³/mol. The summed E-state index contributed by atoms with van der Waals surface area (Å²) in [6.45, 7) is 6.56. The summed E-state index contributed by atoms with van der Waals surface area (Å²) >= 11 is 11.1. The Labute approximate surface area is 141 Å². The number of hydrogen-bond acceptors (Lipinski definition) is 1. The van der Waals surface area contributed by atoms with Gasteiger partial charge in [-0.05, 0) is 34.2 Å². The average molecular weight is 336 g/mol. The molecule has 0 bridgehead atoms. The molecule has 0 saturated carbocycles. The Bertz CT molecular complexity index is 658. The van der Waals surface area contributed by atoms with Crippen LogP contribution in [0, 0.1) is 0 Å². The molecule has 116 valence electrons. The van der Waals surface area contributed by atoms with Crippen LogP contribution in [0.3, 0.4) is 0 Å². The second kappa shape index (κ2) is 6.72. The molecule has 2 aromatic rings. The number of alkyl halides is 2. The largest absolute Gasteiger partial charge is 0.324 e. The minimum Gasteiger partial charge on any atom is -0.324 e. The zero-order valence-corrected chi connectivity index (χ0v) is 14.4. The van der Waals surface area contributed by atoms with Crippen LogP contribution in [-0.4, -0.2) is 10.7 Å². The molecule has 0 saturated heterocycles. The molecular formula is C18H19Cl2NO. The molecule has 0 fully saturated rings. The van der Waals surface area contributed by atoms with Crippen molar-refractivity contribution in [2.24, 2.45) is 0 Å². The van der Waals surface area contributed by atoms with Crippen LogP contribution in [-0.2, 0) is 10.2 Å². The highest BCUT2D eigenvalue weighted by Gasteiger charge is 2.14. The van der Waals surface area contributed by atoms with Crippen LogP contribution >= 0.6 is 23.2 Å². The van der Waals surface area contributed by atoms with Crippen molar-refractivity contribution in [2.75, 3.05) is 5.32 Å². The summed E-state index contributed by atoms with van der Waals surface area (Å²) in [6, 6.07) is 16.0. The molecule has 0 aromatic heterocycles. The lowest BCUT2D eigenvalue weighted by atomic mass is 9.86. The van der Waals surface area contributed by atoms with Gasteiger partial charge in [0.05, 0.1) is 0 Å². The van der Waals surface area contributed by atoms with Crippen molar-refractivity contribution in [3.63, 3.8) is 0 Å². The van der Waals surface area contributed by atoms with E-state index < -0.39 is 10.7 Å². The lowest BCUT2D eigenvalue weighted by Crippen LogP contribution is -2.18. The molecule has 2 aromatic carbocycles. The maximum Gasteiger partial charge on any atom is 0.257 e. The van der Waals surface area contributed by atoms with Crippen LogP contribution in [0.5, 0.6) is 0 Å². The van der Waals surface area contributed by atoms with Gasteiger partial charge in [-0.2, -0.15) is 0 Å². The summed E-state index contributed by atoms with van der Waals surface area (Å²) in [7, 11) is 0. The summed E-state index contributed by atoms with van der Waals surface area (Å²) in [5.74, 6) is -0.427. The molecular weight excluding hydrogens is 317 g/mol. The first-order chi connectivity index (χ1) is 10.3. The number of amides is 1. The fourth-order valence-electron chi connectivity index (χ4n) is 2.14. The first-order valence-electron chi connectivity index (χ1n) is 7.07. The maximum absolute atomic E-state index is 11.5. The summed E-state index contributed by atoms with van der Waals surface area (Å²) < 4.78 is 0. The molecule has 1 N–H and O–H groups in total. The second-order valence-electron chi connectivity index (χ2n) is 6.20. The molecule has 0 atom stereocenters. The molecule has 0 aliphatic rings. The highest BCUT2D eigenvalue weighted by atomic mass is 35.5. The second-order valence-corrected chi connectivity index (χ2v) is 7.29. The Kier molecular flexibility index (Phi) is 5.15. The van der Waals surface area contributed by atoms with E-state index in [1.165, 1.54) is 5.56 Å². The van der Waals surface area contributed by atoms with Crippen LogP contribution in [0.25, 0.3) is 11.1 Å². The third-order valence-corrected chi connectivity index (χ3v) is 3.81. The molecule has 4 heteroatoms. The van der Waals surface area contributed by atoms with Gasteiger partial charge >= 0.3 is 0 Å². The van der Waals surface area contributed by atoms with Crippen LogP contribution in [0.1, 0.15) is 26.3 Å². The van der Waals surface area contributed by atoms with Gasteiger partial charge in [0, 0.05) is 5.69 Å². The predicted octanol–water partition coefficient (Wildman–Crippen LogP) is 5.39. The van der Waals surface area contributed by atoms with Gasteiger partial charge in [0.1, 0.15) is 0 Å². The van der Waals surface area contributed by atoms with E-state index in [9.17, 15) is 4.79 Å². The molecule has 2 rings (SSSR count). The third kappa shape index (κ3) is 4.25. The zero-order valence-electron chi connectivity index (χ0n) is 12.9. The molecule has 0 spiro atoms. The monoisotopic (exact) mass is 335 g/mol. The summed E-state index contributed by atoms with van der Waals surface area (Å²) in [6.07, 6.45) is 0. The number of anilines is 1. The molecule has 1 amide bonds. The standard InChI is InChI=1S/C18H19Cl2NO/c1-18(2,3)14-9-7-12(8-10-14)13-5-4-6-15(11-13)21-17(22)16(19)20/h4-11,16H,1-3H3,(H,21,22). The number of halogens is 2. The SMILES string of the molecule is CC(C)(C)c1ccc(-c2cccc(NC(=O)C(Cl)Cl)c2)cc1. The van der Waals surface area contributed by atoms with Crippen molar-refractivity contribution in [1.82, 2.24) is 0 Å². The normalized spacial score (nSPS) is 11.5. The van der Waals surface area contributed by atoms with Crippen molar-refractivity contribution >= 4 is 34.8 Å². The van der Waals surface area contributed by atoms with Crippen molar-refractivity contribution < 1.29 is 4.79 Å². The van der Waals surface area contributed by atoms with Crippen molar-refractivity contribution in [3.05, 3.63) is 54.1 Å².